The fourth-order valence-electron chi connectivity index (χ4n) is 10.7. The van der Waals surface area contributed by atoms with E-state index in [0.29, 0.717) is 0 Å². The molecule has 5 nitrogen and oxygen atoms in total. The van der Waals surface area contributed by atoms with Gasteiger partial charge >= 0.3 is 372 Å². The fraction of sp³-hybridized carbons (Fsp3) is 0.0357. The summed E-state index contributed by atoms with van der Waals surface area (Å²) in [5.41, 5.74) is 13.3. The first-order valence-corrected chi connectivity index (χ1v) is 26.6. The van der Waals surface area contributed by atoms with Crippen molar-refractivity contribution in [3.63, 3.8) is 0 Å². The molecule has 0 saturated heterocycles. The van der Waals surface area contributed by atoms with E-state index in [4.69, 9.17) is 0 Å². The van der Waals surface area contributed by atoms with Gasteiger partial charge in [-0.25, -0.2) is 0 Å². The molecule has 7 heteroatoms. The SMILES string of the molecule is C[PH]1(c2ccc3c(c2)c2cc([PH]4(C)N(c5ccccc5)c5ccccc5N4c4ccccc4)ccc2n3-c2ccccc2)N(c2ccccc2)c2ccccc2N1c1ccccc1. The van der Waals surface area contributed by atoms with Crippen molar-refractivity contribution in [2.24, 2.45) is 0 Å². The Hall–Kier alpha value is -7.16. The average molecular weight is 852 g/mol. The molecule has 1 aromatic heterocycles. The number of anilines is 8. The molecule has 306 valence electrons. The number of hydrogen-bond donors (Lipinski definition) is 0. The molecule has 0 unspecified atom stereocenters. The fourth-order valence-corrected chi connectivity index (χ4v) is 19.0. The first kappa shape index (κ1) is 37.6. The van der Waals surface area contributed by atoms with Crippen LogP contribution in [0.2, 0.25) is 0 Å². The Kier molecular flexibility index (Phi) is 8.80. The van der Waals surface area contributed by atoms with Crippen LogP contribution in [0, 0.1) is 0 Å². The molecule has 63 heavy (non-hydrogen) atoms. The van der Waals surface area contributed by atoms with Gasteiger partial charge in [0.05, 0.1) is 0 Å². The molecule has 10 aromatic rings. The normalized spacial score (nSPS) is 16.0. The van der Waals surface area contributed by atoms with Gasteiger partial charge in [-0.05, 0) is 0 Å². The van der Waals surface area contributed by atoms with E-state index in [9.17, 15) is 0 Å². The minimum absolute atomic E-state index is 1.15. The number of nitrogens with zero attached hydrogens (tertiary/aromatic N) is 5. The summed E-state index contributed by atoms with van der Waals surface area (Å²) in [6.45, 7) is 5.05. The monoisotopic (exact) mass is 851 g/mol. The van der Waals surface area contributed by atoms with Gasteiger partial charge in [0.25, 0.3) is 0 Å². The molecule has 0 atom stereocenters. The number of benzene rings is 9. The molecule has 2 aliphatic rings. The molecule has 9 aromatic carbocycles. The second-order valence-corrected chi connectivity index (χ2v) is 23.9. The Morgan fingerprint density at radius 3 is 0.810 bits per heavy atom. The average Bonchev–Trinajstić information content (AvgIpc) is 3.93. The molecule has 0 saturated carbocycles. The van der Waals surface area contributed by atoms with Gasteiger partial charge in [-0.1, -0.05) is 0 Å². The number of rotatable bonds is 7. The Morgan fingerprint density at radius 2 is 0.524 bits per heavy atom. The van der Waals surface area contributed by atoms with Gasteiger partial charge in [0.2, 0.25) is 0 Å². The van der Waals surface area contributed by atoms with Crippen molar-refractivity contribution in [1.29, 1.82) is 0 Å². The van der Waals surface area contributed by atoms with E-state index in [0.717, 1.165) is 5.69 Å². The van der Waals surface area contributed by atoms with Gasteiger partial charge in [-0.2, -0.15) is 0 Å². The third-order valence-electron chi connectivity index (χ3n) is 13.4. The summed E-state index contributed by atoms with van der Waals surface area (Å²) in [4.78, 5) is 0. The topological polar surface area (TPSA) is 17.9 Å². The molecule has 0 N–H and O–H groups in total. The molecule has 0 bridgehead atoms. The van der Waals surface area contributed by atoms with E-state index in [2.05, 4.69) is 273 Å². The van der Waals surface area contributed by atoms with Crippen LogP contribution in [-0.4, -0.2) is 17.9 Å². The van der Waals surface area contributed by atoms with Crippen LogP contribution in [0.5, 0.6) is 0 Å². The molecule has 2 aliphatic heterocycles. The molecule has 3 heterocycles. The zero-order valence-electron chi connectivity index (χ0n) is 35.3. The Balaban J connectivity index is 1.14. The van der Waals surface area contributed by atoms with Gasteiger partial charge in [0.1, 0.15) is 0 Å². The van der Waals surface area contributed by atoms with E-state index in [1.165, 1.54) is 77.9 Å². The van der Waals surface area contributed by atoms with Crippen LogP contribution in [0.15, 0.2) is 237 Å². The van der Waals surface area contributed by atoms with Gasteiger partial charge in [-0.15, -0.1) is 0 Å². The van der Waals surface area contributed by atoms with E-state index in [1.807, 2.05) is 0 Å². The Labute approximate surface area is 370 Å². The Morgan fingerprint density at radius 1 is 0.270 bits per heavy atom. The van der Waals surface area contributed by atoms with Gasteiger partial charge in [-0.3, -0.25) is 0 Å². The summed E-state index contributed by atoms with van der Waals surface area (Å²) in [6, 6.07) is 87.4. The van der Waals surface area contributed by atoms with Gasteiger partial charge in [0.15, 0.2) is 0 Å². The number of fused-ring (bicyclic) bond motifs is 5. The quantitative estimate of drug-likeness (QED) is 0.149. The summed E-state index contributed by atoms with van der Waals surface area (Å²) in [5.74, 6) is 0. The van der Waals surface area contributed by atoms with Crippen molar-refractivity contribution in [2.75, 3.05) is 32.0 Å². The third-order valence-corrected chi connectivity index (χ3v) is 21.7. The maximum absolute atomic E-state index is 2.84. The molecular weight excluding hydrogens is 805 g/mol. The molecule has 12 rings (SSSR count). The van der Waals surface area contributed by atoms with Crippen LogP contribution in [0.4, 0.5) is 45.5 Å². The maximum atomic E-state index is 2.66. The summed E-state index contributed by atoms with van der Waals surface area (Å²) in [5, 5.41) is 5.18. The molecule has 0 fully saturated rings. The first-order chi connectivity index (χ1) is 31.0. The van der Waals surface area contributed by atoms with E-state index in [-0.39, 0.29) is 0 Å². The third kappa shape index (κ3) is 5.64. The van der Waals surface area contributed by atoms with Crippen molar-refractivity contribution in [3.05, 3.63) is 237 Å². The van der Waals surface area contributed by atoms with E-state index in [1.54, 1.807) is 0 Å². The minimum atomic E-state index is -2.84. The summed E-state index contributed by atoms with van der Waals surface area (Å²) in [6.07, 6.45) is 0. The van der Waals surface area contributed by atoms with Crippen molar-refractivity contribution >= 4 is 93.0 Å². The summed E-state index contributed by atoms with van der Waals surface area (Å²) >= 11 is 0. The number of hydrogen-bond acceptors (Lipinski definition) is 4. The molecule has 0 spiro atoms. The van der Waals surface area contributed by atoms with Crippen LogP contribution in [0.3, 0.4) is 0 Å². The molecule has 0 radical (unpaired) electrons. The number of aromatic nitrogens is 1. The second kappa shape index (κ2) is 14.7. The Bertz CT molecular complexity index is 2950. The summed E-state index contributed by atoms with van der Waals surface area (Å²) in [7, 11) is -5.68. The van der Waals surface area contributed by atoms with Crippen LogP contribution >= 0.6 is 15.1 Å². The first-order valence-electron chi connectivity index (χ1n) is 21.8. The predicted molar refractivity (Wildman–Crippen MR) is 276 cm³/mol. The van der Waals surface area contributed by atoms with E-state index < -0.39 is 15.1 Å². The standard InChI is InChI=1S/C56H47N5P2/c1-62(58(43-24-10-4-11-25-43)53-32-18-19-33-54(53)59(62)44-26-12-5-13-27-44)47-36-38-51-49(40-47)50-41-48(37-39-52(50)57(51)42-22-8-3-9-23-42)63(2)60(45-28-14-6-15-29-45)55-34-20-21-35-56(55)61(63)46-30-16-7-17-31-46/h3-41,62-63H,1-2H3. The van der Waals surface area contributed by atoms with Crippen molar-refractivity contribution < 1.29 is 0 Å². The second-order valence-electron chi connectivity index (χ2n) is 16.8. The van der Waals surface area contributed by atoms with Crippen molar-refractivity contribution in [3.8, 4) is 5.69 Å². The van der Waals surface area contributed by atoms with E-state index >= 15 is 0 Å². The molecule has 0 amide bonds. The zero-order chi connectivity index (χ0) is 42.1. The predicted octanol–water partition coefficient (Wildman–Crippen LogP) is 14.4. The summed E-state index contributed by atoms with van der Waals surface area (Å²) < 4.78 is 13.1. The molecule has 0 aliphatic carbocycles. The number of para-hydroxylation sites is 9. The van der Waals surface area contributed by atoms with Crippen LogP contribution in [0.1, 0.15) is 0 Å². The van der Waals surface area contributed by atoms with Gasteiger partial charge < -0.3 is 0 Å². The van der Waals surface area contributed by atoms with Crippen LogP contribution in [-0.2, 0) is 0 Å². The van der Waals surface area contributed by atoms with Crippen molar-refractivity contribution in [2.45, 2.75) is 0 Å². The van der Waals surface area contributed by atoms with Gasteiger partial charge in [0, 0.05) is 0 Å². The van der Waals surface area contributed by atoms with Crippen LogP contribution < -0.4 is 29.3 Å². The van der Waals surface area contributed by atoms with Crippen LogP contribution in [0.25, 0.3) is 27.5 Å². The van der Waals surface area contributed by atoms with Crippen molar-refractivity contribution in [1.82, 2.24) is 4.57 Å². The molecular formula is C56H47N5P2. The zero-order valence-corrected chi connectivity index (χ0v) is 37.3.